The van der Waals surface area contributed by atoms with Gasteiger partial charge in [0.25, 0.3) is 0 Å². The minimum absolute atomic E-state index is 0.164. The van der Waals surface area contributed by atoms with Crippen molar-refractivity contribution in [1.82, 2.24) is 9.47 Å². The standard InChI is InChI=1S/C23H26N2O2/c1-4-27-23(26)16(2)25-21-11-10-18(17-8-6-5-7-9-17)14-19(21)20-15-24(3)13-12-22(20)25/h5-11,14,16H,4,12-13,15H2,1-3H3. The Balaban J connectivity index is 1.90. The van der Waals surface area contributed by atoms with E-state index in [9.17, 15) is 4.79 Å². The van der Waals surface area contributed by atoms with Crippen molar-refractivity contribution < 1.29 is 9.53 Å². The fourth-order valence-corrected chi connectivity index (χ4v) is 4.15. The number of nitrogens with zero attached hydrogens (tertiary/aromatic N) is 2. The highest BCUT2D eigenvalue weighted by molar-refractivity contribution is 5.91. The highest BCUT2D eigenvalue weighted by Crippen LogP contribution is 2.36. The van der Waals surface area contributed by atoms with Crippen LogP contribution in [0.2, 0.25) is 0 Å². The van der Waals surface area contributed by atoms with Crippen LogP contribution in [0.5, 0.6) is 0 Å². The first-order valence-electron chi connectivity index (χ1n) is 9.66. The summed E-state index contributed by atoms with van der Waals surface area (Å²) in [6.45, 7) is 6.12. The van der Waals surface area contributed by atoms with Gasteiger partial charge in [0.15, 0.2) is 0 Å². The van der Waals surface area contributed by atoms with Gasteiger partial charge in [-0.15, -0.1) is 0 Å². The monoisotopic (exact) mass is 362 g/mol. The molecule has 3 aromatic rings. The lowest BCUT2D eigenvalue weighted by Gasteiger charge is -2.25. The Morgan fingerprint density at radius 2 is 1.93 bits per heavy atom. The maximum absolute atomic E-state index is 12.5. The molecule has 0 bridgehead atoms. The predicted octanol–water partition coefficient (Wildman–Crippen LogP) is 4.42. The van der Waals surface area contributed by atoms with Gasteiger partial charge in [-0.05, 0) is 49.7 Å². The van der Waals surface area contributed by atoms with Gasteiger partial charge in [-0.25, -0.2) is 4.79 Å². The first kappa shape index (κ1) is 17.8. The first-order valence-corrected chi connectivity index (χ1v) is 9.66. The van der Waals surface area contributed by atoms with E-state index in [1.165, 1.54) is 27.8 Å². The molecule has 1 atom stereocenters. The van der Waals surface area contributed by atoms with Crippen LogP contribution in [0.3, 0.4) is 0 Å². The molecule has 1 aromatic heterocycles. The number of benzene rings is 2. The van der Waals surface area contributed by atoms with Crippen LogP contribution in [0.1, 0.15) is 31.1 Å². The van der Waals surface area contributed by atoms with Crippen molar-refractivity contribution in [3.63, 3.8) is 0 Å². The number of fused-ring (bicyclic) bond motifs is 3. The van der Waals surface area contributed by atoms with Crippen LogP contribution >= 0.6 is 0 Å². The topological polar surface area (TPSA) is 34.5 Å². The average Bonchev–Trinajstić information content (AvgIpc) is 3.01. The van der Waals surface area contributed by atoms with Crippen molar-refractivity contribution in [3.8, 4) is 11.1 Å². The summed E-state index contributed by atoms with van der Waals surface area (Å²) in [4.78, 5) is 14.8. The molecule has 0 saturated heterocycles. The lowest BCUT2D eigenvalue weighted by Crippen LogP contribution is -2.29. The largest absolute Gasteiger partial charge is 0.464 e. The van der Waals surface area contributed by atoms with E-state index in [1.807, 2.05) is 19.9 Å². The summed E-state index contributed by atoms with van der Waals surface area (Å²) in [6.07, 6.45) is 0.949. The number of hydrogen-bond acceptors (Lipinski definition) is 3. The molecule has 2 heterocycles. The summed E-state index contributed by atoms with van der Waals surface area (Å²) in [5, 5.41) is 1.24. The molecule has 4 rings (SSSR count). The summed E-state index contributed by atoms with van der Waals surface area (Å²) in [6, 6.07) is 16.7. The number of esters is 1. The summed E-state index contributed by atoms with van der Waals surface area (Å²) in [5.74, 6) is -0.164. The van der Waals surface area contributed by atoms with Crippen LogP contribution in [-0.2, 0) is 22.5 Å². The zero-order chi connectivity index (χ0) is 19.0. The highest BCUT2D eigenvalue weighted by atomic mass is 16.5. The van der Waals surface area contributed by atoms with E-state index >= 15 is 0 Å². The zero-order valence-corrected chi connectivity index (χ0v) is 16.2. The van der Waals surface area contributed by atoms with E-state index in [0.717, 1.165) is 25.0 Å². The van der Waals surface area contributed by atoms with Crippen molar-refractivity contribution in [2.75, 3.05) is 20.2 Å². The Morgan fingerprint density at radius 1 is 1.15 bits per heavy atom. The molecule has 1 aliphatic rings. The van der Waals surface area contributed by atoms with Crippen molar-refractivity contribution in [2.24, 2.45) is 0 Å². The fraction of sp³-hybridized carbons (Fsp3) is 0.348. The molecule has 0 N–H and O–H groups in total. The Bertz CT molecular complexity index is 975. The van der Waals surface area contributed by atoms with Gasteiger partial charge in [0, 0.05) is 36.1 Å². The SMILES string of the molecule is CCOC(=O)C(C)n1c2c(c3cc(-c4ccccc4)ccc31)CN(C)CC2. The normalized spacial score (nSPS) is 15.5. The molecule has 2 aromatic carbocycles. The lowest BCUT2D eigenvalue weighted by atomic mass is 10.0. The van der Waals surface area contributed by atoms with Gasteiger partial charge in [-0.2, -0.15) is 0 Å². The molecule has 4 heteroatoms. The highest BCUT2D eigenvalue weighted by Gasteiger charge is 2.28. The smallest absolute Gasteiger partial charge is 0.328 e. The minimum atomic E-state index is -0.317. The Hall–Kier alpha value is -2.59. The predicted molar refractivity (Wildman–Crippen MR) is 109 cm³/mol. The molecule has 0 fully saturated rings. The molecular weight excluding hydrogens is 336 g/mol. The molecule has 0 radical (unpaired) electrons. The number of rotatable bonds is 4. The van der Waals surface area contributed by atoms with Crippen LogP contribution in [0, 0.1) is 0 Å². The molecule has 0 spiro atoms. The number of carbonyl (C=O) groups is 1. The number of ether oxygens (including phenoxy) is 1. The van der Waals surface area contributed by atoms with Gasteiger partial charge < -0.3 is 14.2 Å². The number of aromatic nitrogens is 1. The Labute approximate surface area is 160 Å². The summed E-state index contributed by atoms with van der Waals surface area (Å²) < 4.78 is 7.51. The molecule has 0 amide bonds. The third-order valence-electron chi connectivity index (χ3n) is 5.50. The van der Waals surface area contributed by atoms with Crippen molar-refractivity contribution in [3.05, 3.63) is 59.8 Å². The van der Waals surface area contributed by atoms with Gasteiger partial charge in [0.05, 0.1) is 6.61 Å². The van der Waals surface area contributed by atoms with E-state index in [2.05, 4.69) is 59.0 Å². The van der Waals surface area contributed by atoms with Crippen LogP contribution in [-0.4, -0.2) is 35.6 Å². The number of carbonyl (C=O) groups excluding carboxylic acids is 1. The van der Waals surface area contributed by atoms with Crippen LogP contribution in [0.15, 0.2) is 48.5 Å². The average molecular weight is 362 g/mol. The van der Waals surface area contributed by atoms with Crippen molar-refractivity contribution in [1.29, 1.82) is 0 Å². The molecule has 1 unspecified atom stereocenters. The molecule has 1 aliphatic heterocycles. The summed E-state index contributed by atoms with van der Waals surface area (Å²) >= 11 is 0. The molecule has 0 saturated carbocycles. The molecule has 27 heavy (non-hydrogen) atoms. The first-order chi connectivity index (χ1) is 13.1. The Morgan fingerprint density at radius 3 is 2.67 bits per heavy atom. The summed E-state index contributed by atoms with van der Waals surface area (Å²) in [5.41, 5.74) is 6.15. The molecule has 4 nitrogen and oxygen atoms in total. The molecular formula is C23H26N2O2. The summed E-state index contributed by atoms with van der Waals surface area (Å²) in [7, 11) is 2.15. The fourth-order valence-electron chi connectivity index (χ4n) is 4.15. The van der Waals surface area contributed by atoms with E-state index in [4.69, 9.17) is 4.74 Å². The third kappa shape index (κ3) is 3.15. The van der Waals surface area contributed by atoms with E-state index in [0.29, 0.717) is 6.61 Å². The van der Waals surface area contributed by atoms with E-state index in [-0.39, 0.29) is 12.0 Å². The third-order valence-corrected chi connectivity index (χ3v) is 5.50. The van der Waals surface area contributed by atoms with Crippen LogP contribution < -0.4 is 0 Å². The second-order valence-corrected chi connectivity index (χ2v) is 7.31. The lowest BCUT2D eigenvalue weighted by molar-refractivity contribution is -0.146. The second kappa shape index (κ2) is 7.20. The maximum Gasteiger partial charge on any atom is 0.328 e. The van der Waals surface area contributed by atoms with E-state index < -0.39 is 0 Å². The molecule has 140 valence electrons. The Kier molecular flexibility index (Phi) is 4.75. The maximum atomic E-state index is 12.5. The zero-order valence-electron chi connectivity index (χ0n) is 16.2. The quantitative estimate of drug-likeness (QED) is 0.644. The van der Waals surface area contributed by atoms with Gasteiger partial charge in [0.2, 0.25) is 0 Å². The van der Waals surface area contributed by atoms with Crippen molar-refractivity contribution in [2.45, 2.75) is 32.9 Å². The van der Waals surface area contributed by atoms with Gasteiger partial charge >= 0.3 is 5.97 Å². The molecule has 0 aliphatic carbocycles. The van der Waals surface area contributed by atoms with Gasteiger partial charge in [0.1, 0.15) is 6.04 Å². The minimum Gasteiger partial charge on any atom is -0.464 e. The van der Waals surface area contributed by atoms with Crippen LogP contribution in [0.4, 0.5) is 0 Å². The number of hydrogen-bond donors (Lipinski definition) is 0. The van der Waals surface area contributed by atoms with E-state index in [1.54, 1.807) is 0 Å². The van der Waals surface area contributed by atoms with Crippen molar-refractivity contribution >= 4 is 16.9 Å². The van der Waals surface area contributed by atoms with Gasteiger partial charge in [-0.3, -0.25) is 0 Å². The number of likely N-dealkylation sites (N-methyl/N-ethyl adjacent to an activating group) is 1. The van der Waals surface area contributed by atoms with Crippen LogP contribution in [0.25, 0.3) is 22.0 Å². The second-order valence-electron chi connectivity index (χ2n) is 7.31. The van der Waals surface area contributed by atoms with Gasteiger partial charge in [-0.1, -0.05) is 36.4 Å².